The molecule has 0 spiro atoms. The maximum absolute atomic E-state index is 11.5. The van der Waals surface area contributed by atoms with Gasteiger partial charge in [0.15, 0.2) is 0 Å². The van der Waals surface area contributed by atoms with Crippen molar-refractivity contribution >= 4 is 10.1 Å². The minimum absolute atomic E-state index is 0.0576. The van der Waals surface area contributed by atoms with Gasteiger partial charge in [0.2, 0.25) is 0 Å². The molecule has 0 saturated carbocycles. The molecule has 0 aliphatic carbocycles. The molecule has 4 nitrogen and oxygen atoms in total. The highest BCUT2D eigenvalue weighted by Gasteiger charge is 2.09. The van der Waals surface area contributed by atoms with Crippen molar-refractivity contribution in [2.75, 3.05) is 26.0 Å². The molecule has 0 aromatic rings. The second-order valence-electron chi connectivity index (χ2n) is 6.78. The molecule has 0 atom stereocenters. The molecule has 0 aliphatic heterocycles. The first-order valence-corrected chi connectivity index (χ1v) is 11.7. The Bertz CT molecular complexity index is 345. The van der Waals surface area contributed by atoms with E-state index in [1.807, 2.05) is 0 Å². The molecule has 5 heteroatoms. The maximum Gasteiger partial charge on any atom is 0.268 e. The number of rotatable bonds is 19. The Balaban J connectivity index is 3.18. The van der Waals surface area contributed by atoms with Gasteiger partial charge in [-0.15, -0.1) is 0 Å². The van der Waals surface area contributed by atoms with Crippen LogP contribution in [0.25, 0.3) is 0 Å². The summed E-state index contributed by atoms with van der Waals surface area (Å²) in [5.41, 5.74) is 0. The van der Waals surface area contributed by atoms with E-state index >= 15 is 0 Å². The molecule has 0 fully saturated rings. The van der Waals surface area contributed by atoms with Gasteiger partial charge in [0.25, 0.3) is 10.1 Å². The molecular weight excluding hydrogens is 322 g/mol. The van der Waals surface area contributed by atoms with Crippen LogP contribution in [0.2, 0.25) is 0 Å². The van der Waals surface area contributed by atoms with E-state index in [1.165, 1.54) is 77.0 Å². The fourth-order valence-electron chi connectivity index (χ4n) is 2.77. The fraction of sp³-hybridized carbons (Fsp3) is 1.00. The summed E-state index contributed by atoms with van der Waals surface area (Å²) in [5.74, 6) is 0.0576. The van der Waals surface area contributed by atoms with Crippen LogP contribution in [0.4, 0.5) is 0 Å². The van der Waals surface area contributed by atoms with Crippen molar-refractivity contribution in [3.05, 3.63) is 0 Å². The van der Waals surface area contributed by atoms with Crippen LogP contribution < -0.4 is 5.32 Å². The molecule has 1 N–H and O–H groups in total. The summed E-state index contributed by atoms with van der Waals surface area (Å²) < 4.78 is 27.9. The highest BCUT2D eigenvalue weighted by molar-refractivity contribution is 7.86. The van der Waals surface area contributed by atoms with Crippen LogP contribution in [0.15, 0.2) is 0 Å². The summed E-state index contributed by atoms with van der Waals surface area (Å²) in [4.78, 5) is 0. The predicted molar refractivity (Wildman–Crippen MR) is 104 cm³/mol. The zero-order valence-electron chi connectivity index (χ0n) is 16.2. The standard InChI is InChI=1S/C19H41NO3S/c1-3-4-5-6-7-8-9-10-11-12-13-14-15-16-18-23-24(21,22)19-17-20-2/h20H,3-19H2,1-2H3. The number of nitrogens with one attached hydrogen (secondary N) is 1. The lowest BCUT2D eigenvalue weighted by atomic mass is 10.0. The third-order valence-corrected chi connectivity index (χ3v) is 5.59. The third kappa shape index (κ3) is 18.2. The number of hydrogen-bond acceptors (Lipinski definition) is 4. The van der Waals surface area contributed by atoms with E-state index in [0.717, 1.165) is 12.8 Å². The van der Waals surface area contributed by atoms with Gasteiger partial charge in [0.05, 0.1) is 12.4 Å². The molecule has 0 aromatic heterocycles. The van der Waals surface area contributed by atoms with Gasteiger partial charge in [0, 0.05) is 6.54 Å². The summed E-state index contributed by atoms with van der Waals surface area (Å²) >= 11 is 0. The predicted octanol–water partition coefficient (Wildman–Crippen LogP) is 5.03. The van der Waals surface area contributed by atoms with Gasteiger partial charge in [-0.05, 0) is 13.5 Å². The van der Waals surface area contributed by atoms with E-state index < -0.39 is 10.1 Å². The van der Waals surface area contributed by atoms with E-state index in [9.17, 15) is 8.42 Å². The van der Waals surface area contributed by atoms with E-state index in [2.05, 4.69) is 12.2 Å². The summed E-state index contributed by atoms with van der Waals surface area (Å²) in [6.45, 7) is 3.05. The largest absolute Gasteiger partial charge is 0.319 e. The molecule has 0 rings (SSSR count). The van der Waals surface area contributed by atoms with Crippen molar-refractivity contribution in [1.29, 1.82) is 0 Å². The normalized spacial score (nSPS) is 11.9. The van der Waals surface area contributed by atoms with Crippen LogP contribution in [-0.2, 0) is 14.3 Å². The maximum atomic E-state index is 11.5. The highest BCUT2D eigenvalue weighted by Crippen LogP contribution is 2.13. The van der Waals surface area contributed by atoms with E-state index in [-0.39, 0.29) is 5.75 Å². The highest BCUT2D eigenvalue weighted by atomic mass is 32.2. The Labute approximate surface area is 151 Å². The summed E-state index contributed by atoms with van der Waals surface area (Å²) in [5, 5.41) is 2.82. The Kier molecular flexibility index (Phi) is 17.6. The molecule has 24 heavy (non-hydrogen) atoms. The Hall–Kier alpha value is -0.130. The van der Waals surface area contributed by atoms with E-state index in [4.69, 9.17) is 4.18 Å². The lowest BCUT2D eigenvalue weighted by Crippen LogP contribution is -2.21. The monoisotopic (exact) mass is 363 g/mol. The lowest BCUT2D eigenvalue weighted by Gasteiger charge is -2.05. The van der Waals surface area contributed by atoms with Crippen LogP contribution in [0, 0.1) is 0 Å². The van der Waals surface area contributed by atoms with Crippen LogP contribution in [0.1, 0.15) is 96.8 Å². The van der Waals surface area contributed by atoms with E-state index in [0.29, 0.717) is 13.2 Å². The van der Waals surface area contributed by atoms with Gasteiger partial charge < -0.3 is 5.32 Å². The minimum atomic E-state index is -3.32. The molecule has 0 aromatic carbocycles. The topological polar surface area (TPSA) is 55.4 Å². The fourth-order valence-corrected chi connectivity index (χ4v) is 3.71. The summed E-state index contributed by atoms with van der Waals surface area (Å²) in [6, 6.07) is 0. The van der Waals surface area contributed by atoms with Crippen molar-refractivity contribution in [1.82, 2.24) is 5.32 Å². The molecule has 0 saturated heterocycles. The van der Waals surface area contributed by atoms with Gasteiger partial charge in [-0.2, -0.15) is 8.42 Å². The van der Waals surface area contributed by atoms with Crippen molar-refractivity contribution in [2.45, 2.75) is 96.8 Å². The average molecular weight is 364 g/mol. The van der Waals surface area contributed by atoms with Crippen LogP contribution in [0.5, 0.6) is 0 Å². The van der Waals surface area contributed by atoms with Crippen LogP contribution in [-0.4, -0.2) is 34.4 Å². The molecule has 0 bridgehead atoms. The second kappa shape index (κ2) is 17.7. The van der Waals surface area contributed by atoms with Gasteiger partial charge in [-0.3, -0.25) is 4.18 Å². The van der Waals surface area contributed by atoms with Crippen molar-refractivity contribution in [3.63, 3.8) is 0 Å². The van der Waals surface area contributed by atoms with Crippen molar-refractivity contribution in [2.24, 2.45) is 0 Å². The van der Waals surface area contributed by atoms with Crippen molar-refractivity contribution < 1.29 is 12.6 Å². The Morgan fingerprint density at radius 2 is 1.12 bits per heavy atom. The van der Waals surface area contributed by atoms with Crippen LogP contribution in [0.3, 0.4) is 0 Å². The molecular formula is C19H41NO3S. The molecule has 0 amide bonds. The zero-order chi connectivity index (χ0) is 17.9. The van der Waals surface area contributed by atoms with Gasteiger partial charge in [-0.25, -0.2) is 0 Å². The molecule has 146 valence electrons. The number of hydrogen-bond donors (Lipinski definition) is 1. The SMILES string of the molecule is CCCCCCCCCCCCCCCCOS(=O)(=O)CCNC. The summed E-state index contributed by atoms with van der Waals surface area (Å²) in [6.07, 6.45) is 18.2. The Morgan fingerprint density at radius 1 is 0.708 bits per heavy atom. The third-order valence-electron chi connectivity index (χ3n) is 4.36. The Morgan fingerprint density at radius 3 is 1.54 bits per heavy atom. The molecule has 0 heterocycles. The lowest BCUT2D eigenvalue weighted by molar-refractivity contribution is 0.306. The second-order valence-corrected chi connectivity index (χ2v) is 8.54. The zero-order valence-corrected chi connectivity index (χ0v) is 17.0. The van der Waals surface area contributed by atoms with Gasteiger partial charge in [0.1, 0.15) is 0 Å². The molecule has 0 unspecified atom stereocenters. The average Bonchev–Trinajstić information content (AvgIpc) is 2.56. The van der Waals surface area contributed by atoms with E-state index in [1.54, 1.807) is 7.05 Å². The molecule has 0 radical (unpaired) electrons. The van der Waals surface area contributed by atoms with Gasteiger partial charge in [-0.1, -0.05) is 90.4 Å². The quantitative estimate of drug-likeness (QED) is 0.258. The summed E-state index contributed by atoms with van der Waals surface area (Å²) in [7, 11) is -1.58. The van der Waals surface area contributed by atoms with Crippen LogP contribution >= 0.6 is 0 Å². The first-order chi connectivity index (χ1) is 11.6. The first-order valence-electron chi connectivity index (χ1n) is 10.1. The molecule has 0 aliphatic rings. The number of unbranched alkanes of at least 4 members (excludes halogenated alkanes) is 13. The first kappa shape index (κ1) is 23.9. The van der Waals surface area contributed by atoms with Crippen molar-refractivity contribution in [3.8, 4) is 0 Å². The smallest absolute Gasteiger partial charge is 0.268 e. The minimum Gasteiger partial charge on any atom is -0.319 e. The van der Waals surface area contributed by atoms with Gasteiger partial charge >= 0.3 is 0 Å².